The van der Waals surface area contributed by atoms with Crippen molar-refractivity contribution in [1.82, 2.24) is 15.3 Å². The van der Waals surface area contributed by atoms with E-state index in [4.69, 9.17) is 42.4 Å². The minimum atomic E-state index is -0.142. The first kappa shape index (κ1) is 28.1. The maximum atomic E-state index is 12.9. The third-order valence-electron chi connectivity index (χ3n) is 6.05. The molecule has 0 saturated heterocycles. The molecular formula is C30H29Cl2N3O4. The summed E-state index contributed by atoms with van der Waals surface area (Å²) in [5, 5.41) is 3.96. The summed E-state index contributed by atoms with van der Waals surface area (Å²) in [6, 6.07) is 18.6. The minimum Gasteiger partial charge on any atom is -0.497 e. The number of hydrogen-bond donors (Lipinski definition) is 2. The van der Waals surface area contributed by atoms with Gasteiger partial charge in [-0.15, -0.1) is 0 Å². The van der Waals surface area contributed by atoms with Crippen LogP contribution in [0.2, 0.25) is 10.0 Å². The SMILES string of the molecule is COc1ccc(C=Cc2nc(-c3ccc(Cl)cc3Cl)c(CC(=O)NCCc3ccc(OC)c(OC)c3)[nH]2)cc1. The predicted molar refractivity (Wildman–Crippen MR) is 156 cm³/mol. The number of carbonyl (C=O) groups is 1. The molecule has 0 unspecified atom stereocenters. The van der Waals surface area contributed by atoms with Crippen molar-refractivity contribution in [3.63, 3.8) is 0 Å². The molecular weight excluding hydrogens is 537 g/mol. The number of benzene rings is 3. The molecule has 39 heavy (non-hydrogen) atoms. The zero-order chi connectivity index (χ0) is 27.8. The maximum absolute atomic E-state index is 12.9. The molecule has 0 radical (unpaired) electrons. The lowest BCUT2D eigenvalue weighted by molar-refractivity contribution is -0.120. The molecule has 0 bridgehead atoms. The molecule has 1 amide bonds. The highest BCUT2D eigenvalue weighted by atomic mass is 35.5. The van der Waals surface area contributed by atoms with Crippen LogP contribution in [0.4, 0.5) is 0 Å². The van der Waals surface area contributed by atoms with E-state index in [1.54, 1.807) is 39.5 Å². The number of ether oxygens (including phenoxy) is 3. The summed E-state index contributed by atoms with van der Waals surface area (Å²) >= 11 is 12.6. The lowest BCUT2D eigenvalue weighted by Gasteiger charge is -2.10. The summed E-state index contributed by atoms with van der Waals surface area (Å²) in [4.78, 5) is 20.9. The van der Waals surface area contributed by atoms with Gasteiger partial charge in [-0.3, -0.25) is 4.79 Å². The molecule has 0 aliphatic rings. The van der Waals surface area contributed by atoms with Crippen LogP contribution in [-0.2, 0) is 17.6 Å². The largest absolute Gasteiger partial charge is 0.497 e. The van der Waals surface area contributed by atoms with Crippen molar-refractivity contribution < 1.29 is 19.0 Å². The Hall–Kier alpha value is -3.94. The van der Waals surface area contributed by atoms with Crippen LogP contribution < -0.4 is 19.5 Å². The number of methoxy groups -OCH3 is 3. The van der Waals surface area contributed by atoms with Crippen molar-refractivity contribution in [2.45, 2.75) is 12.8 Å². The monoisotopic (exact) mass is 565 g/mol. The third kappa shape index (κ3) is 7.34. The van der Waals surface area contributed by atoms with Crippen molar-refractivity contribution in [2.24, 2.45) is 0 Å². The summed E-state index contributed by atoms with van der Waals surface area (Å²) in [6.07, 6.45) is 4.52. The smallest absolute Gasteiger partial charge is 0.226 e. The highest BCUT2D eigenvalue weighted by Crippen LogP contribution is 2.32. The quantitative estimate of drug-likeness (QED) is 0.217. The van der Waals surface area contributed by atoms with Gasteiger partial charge in [-0.2, -0.15) is 0 Å². The van der Waals surface area contributed by atoms with Gasteiger partial charge in [-0.05, 0) is 66.1 Å². The van der Waals surface area contributed by atoms with Crippen molar-refractivity contribution in [1.29, 1.82) is 0 Å². The van der Waals surface area contributed by atoms with Gasteiger partial charge in [-0.1, -0.05) is 47.5 Å². The zero-order valence-corrected chi connectivity index (χ0v) is 23.4. The first-order valence-corrected chi connectivity index (χ1v) is 13.0. The van der Waals surface area contributed by atoms with E-state index in [9.17, 15) is 4.79 Å². The Balaban J connectivity index is 1.49. The van der Waals surface area contributed by atoms with Gasteiger partial charge < -0.3 is 24.5 Å². The molecule has 0 spiro atoms. The average molecular weight is 566 g/mol. The van der Waals surface area contributed by atoms with Gasteiger partial charge in [-0.25, -0.2) is 4.98 Å². The van der Waals surface area contributed by atoms with Crippen molar-refractivity contribution >= 4 is 41.3 Å². The Kier molecular flexibility index (Phi) is 9.52. The molecule has 0 saturated carbocycles. The number of carbonyl (C=O) groups excluding carboxylic acids is 1. The van der Waals surface area contributed by atoms with Crippen LogP contribution in [0.15, 0.2) is 60.7 Å². The van der Waals surface area contributed by atoms with Crippen LogP contribution in [-0.4, -0.2) is 43.7 Å². The summed E-state index contributed by atoms with van der Waals surface area (Å²) < 4.78 is 15.9. The fourth-order valence-electron chi connectivity index (χ4n) is 4.04. The Morgan fingerprint density at radius 2 is 1.69 bits per heavy atom. The fourth-order valence-corrected chi connectivity index (χ4v) is 4.53. The molecule has 4 rings (SSSR count). The second-order valence-corrected chi connectivity index (χ2v) is 9.49. The van der Waals surface area contributed by atoms with Crippen LogP contribution in [0.3, 0.4) is 0 Å². The standard InChI is InChI=1S/C30H29Cl2N3O4/c1-37-22-9-4-19(5-10-22)7-13-28-34-25(30(35-28)23-11-8-21(31)17-24(23)32)18-29(36)33-15-14-20-6-12-26(38-2)27(16-20)39-3/h4-13,16-17H,14-15,18H2,1-3H3,(H,33,36)(H,34,35). The number of aromatic amines is 1. The van der Waals surface area contributed by atoms with Crippen LogP contribution in [0, 0.1) is 0 Å². The summed E-state index contributed by atoms with van der Waals surface area (Å²) in [5.41, 5.74) is 3.94. The zero-order valence-electron chi connectivity index (χ0n) is 21.9. The number of amides is 1. The first-order valence-electron chi connectivity index (χ1n) is 12.2. The molecule has 0 fully saturated rings. The predicted octanol–water partition coefficient (Wildman–Crippen LogP) is 6.48. The summed E-state index contributed by atoms with van der Waals surface area (Å²) in [6.45, 7) is 0.462. The molecule has 0 aliphatic carbocycles. The maximum Gasteiger partial charge on any atom is 0.226 e. The van der Waals surface area contributed by atoms with E-state index in [1.807, 2.05) is 54.6 Å². The number of halogens is 2. The van der Waals surface area contributed by atoms with E-state index in [0.717, 1.165) is 16.9 Å². The Labute approximate surface area is 237 Å². The summed E-state index contributed by atoms with van der Waals surface area (Å²) in [5.74, 6) is 2.55. The van der Waals surface area contributed by atoms with Gasteiger partial charge in [0.1, 0.15) is 11.6 Å². The Bertz CT molecular complexity index is 1470. The van der Waals surface area contributed by atoms with Crippen molar-refractivity contribution in [2.75, 3.05) is 27.9 Å². The molecule has 3 aromatic carbocycles. The van der Waals surface area contributed by atoms with Crippen molar-refractivity contribution in [3.05, 3.63) is 93.4 Å². The van der Waals surface area contributed by atoms with E-state index in [-0.39, 0.29) is 12.3 Å². The van der Waals surface area contributed by atoms with E-state index in [1.165, 1.54) is 0 Å². The lowest BCUT2D eigenvalue weighted by Crippen LogP contribution is -2.27. The van der Waals surface area contributed by atoms with E-state index in [0.29, 0.717) is 57.3 Å². The number of aromatic nitrogens is 2. The Morgan fingerprint density at radius 3 is 2.38 bits per heavy atom. The molecule has 0 aliphatic heterocycles. The van der Waals surface area contributed by atoms with Gasteiger partial charge in [0.15, 0.2) is 11.5 Å². The number of rotatable bonds is 11. The van der Waals surface area contributed by atoms with Crippen LogP contribution in [0.1, 0.15) is 22.6 Å². The van der Waals surface area contributed by atoms with Crippen molar-refractivity contribution in [3.8, 4) is 28.5 Å². The number of H-pyrrole nitrogens is 1. The van der Waals surface area contributed by atoms with Crippen LogP contribution in [0.25, 0.3) is 23.4 Å². The molecule has 4 aromatic rings. The van der Waals surface area contributed by atoms with Gasteiger partial charge >= 0.3 is 0 Å². The summed E-state index contributed by atoms with van der Waals surface area (Å²) in [7, 11) is 4.82. The molecule has 1 heterocycles. The van der Waals surface area contributed by atoms with Gasteiger partial charge in [0.05, 0.1) is 44.2 Å². The number of nitrogens with zero attached hydrogens (tertiary/aromatic N) is 1. The molecule has 2 N–H and O–H groups in total. The Morgan fingerprint density at radius 1 is 0.923 bits per heavy atom. The lowest BCUT2D eigenvalue weighted by atomic mass is 10.1. The number of imidazole rings is 1. The topological polar surface area (TPSA) is 85.5 Å². The third-order valence-corrected chi connectivity index (χ3v) is 6.60. The minimum absolute atomic E-state index is 0.101. The van der Waals surface area contributed by atoms with Crippen LogP contribution >= 0.6 is 23.2 Å². The van der Waals surface area contributed by atoms with E-state index in [2.05, 4.69) is 10.3 Å². The molecule has 0 atom stereocenters. The normalized spacial score (nSPS) is 11.0. The fraction of sp³-hybridized carbons (Fsp3) is 0.200. The second-order valence-electron chi connectivity index (χ2n) is 8.65. The van der Waals surface area contributed by atoms with E-state index < -0.39 is 0 Å². The first-order chi connectivity index (χ1) is 18.9. The van der Waals surface area contributed by atoms with Crippen LogP contribution in [0.5, 0.6) is 17.2 Å². The van der Waals surface area contributed by atoms with E-state index >= 15 is 0 Å². The molecule has 7 nitrogen and oxygen atoms in total. The highest BCUT2D eigenvalue weighted by molar-refractivity contribution is 6.36. The number of nitrogens with one attached hydrogen (secondary N) is 2. The van der Waals surface area contributed by atoms with Gasteiger partial charge in [0.25, 0.3) is 0 Å². The molecule has 1 aromatic heterocycles. The highest BCUT2D eigenvalue weighted by Gasteiger charge is 2.17. The average Bonchev–Trinajstić information content (AvgIpc) is 3.33. The number of hydrogen-bond acceptors (Lipinski definition) is 5. The van der Waals surface area contributed by atoms with Gasteiger partial charge in [0, 0.05) is 17.1 Å². The molecule has 202 valence electrons. The van der Waals surface area contributed by atoms with Gasteiger partial charge in [0.2, 0.25) is 5.91 Å². The second kappa shape index (κ2) is 13.2. The molecule has 9 heteroatoms.